The Hall–Kier alpha value is -2.29. The highest BCUT2D eigenvalue weighted by atomic mass is 127. The van der Waals surface area contributed by atoms with E-state index in [0.29, 0.717) is 11.1 Å². The minimum absolute atomic E-state index is 0. The van der Waals surface area contributed by atoms with Crippen LogP contribution in [0.4, 0.5) is 4.39 Å². The van der Waals surface area contributed by atoms with Crippen molar-refractivity contribution >= 4 is 5.97 Å². The molecule has 1 aliphatic carbocycles. The monoisotopic (exact) mass is 587 g/mol. The van der Waals surface area contributed by atoms with Crippen LogP contribution in [-0.2, 0) is 15.1 Å². The molecule has 1 heterocycles. The number of nitrogens with zero attached hydrogens (tertiary/aromatic N) is 1. The van der Waals surface area contributed by atoms with E-state index in [-0.39, 0.29) is 48.1 Å². The molecule has 3 aromatic rings. The van der Waals surface area contributed by atoms with Crippen LogP contribution in [0.2, 0.25) is 0 Å². The summed E-state index contributed by atoms with van der Waals surface area (Å²) in [6, 6.07) is 25.1. The van der Waals surface area contributed by atoms with Crippen LogP contribution < -0.4 is 24.0 Å². The van der Waals surface area contributed by atoms with Crippen molar-refractivity contribution in [2.75, 3.05) is 13.6 Å². The van der Waals surface area contributed by atoms with Gasteiger partial charge in [-0.05, 0) is 36.6 Å². The molecule has 2 fully saturated rings. The average Bonchev–Trinajstić information content (AvgIpc) is 3.38. The third kappa shape index (κ3) is 4.41. The molecule has 1 N–H and O–H groups in total. The Balaban J connectivity index is 0.00000289. The van der Waals surface area contributed by atoms with Crippen LogP contribution in [0.3, 0.4) is 0 Å². The predicted molar refractivity (Wildman–Crippen MR) is 128 cm³/mol. The van der Waals surface area contributed by atoms with Crippen LogP contribution >= 0.6 is 0 Å². The molecule has 0 aromatic heterocycles. The lowest BCUT2D eigenvalue weighted by Gasteiger charge is -2.43. The van der Waals surface area contributed by atoms with Gasteiger partial charge in [0, 0.05) is 12.0 Å². The molecule has 6 heteroatoms. The smallest absolute Gasteiger partial charge is 0.348 e. The maximum Gasteiger partial charge on any atom is 0.348 e. The number of carbonyl (C=O) groups excluding carboxylic acids is 1. The van der Waals surface area contributed by atoms with Gasteiger partial charge in [0.15, 0.2) is 6.10 Å². The molecule has 0 amide bonds. The van der Waals surface area contributed by atoms with E-state index >= 15 is 0 Å². The zero-order valence-corrected chi connectivity index (χ0v) is 22.1. The lowest BCUT2D eigenvalue weighted by atomic mass is 9.86. The standard InChI is InChI=1S/C29H31FNO3.HI/c1-20(21-9-5-3-6-10-21)31(2)19-22-13-18-26(31)27(22)34-28(32)29(33,23-11-7-4-8-12-23)24-14-16-25(30)17-15-24;/h3-12,14-17,20,22,26-27,33H,13,18-19H2,1-2H3;1H/q+1;/p-1/t20-,22?,26+,27?,29?,31?;/m0./s1. The molecule has 4 nitrogen and oxygen atoms in total. The van der Waals surface area contributed by atoms with Gasteiger partial charge in [0.25, 0.3) is 0 Å². The van der Waals surface area contributed by atoms with E-state index in [1.807, 2.05) is 12.1 Å². The fourth-order valence-electron chi connectivity index (χ4n) is 6.17. The zero-order valence-electron chi connectivity index (χ0n) is 20.0. The number of likely N-dealkylation sites (tertiary alicyclic amines) is 1. The van der Waals surface area contributed by atoms with Gasteiger partial charge < -0.3 is 38.3 Å². The van der Waals surface area contributed by atoms with Gasteiger partial charge in [-0.1, -0.05) is 72.8 Å². The quantitative estimate of drug-likeness (QED) is 0.273. The Labute approximate surface area is 223 Å². The lowest BCUT2D eigenvalue weighted by molar-refractivity contribution is -0.954. The first kappa shape index (κ1) is 25.8. The van der Waals surface area contributed by atoms with Crippen molar-refractivity contribution in [3.8, 4) is 0 Å². The van der Waals surface area contributed by atoms with Gasteiger partial charge >= 0.3 is 5.97 Å². The highest BCUT2D eigenvalue weighted by Gasteiger charge is 2.61. The van der Waals surface area contributed by atoms with Crippen LogP contribution in [0.25, 0.3) is 0 Å². The number of carbonyl (C=O) groups is 1. The number of fused-ring (bicyclic) bond motifs is 2. The van der Waals surface area contributed by atoms with E-state index in [2.05, 4.69) is 38.2 Å². The molecule has 5 rings (SSSR count). The number of hydrogen-bond donors (Lipinski definition) is 1. The second-order valence-corrected chi connectivity index (χ2v) is 9.97. The number of benzene rings is 3. The topological polar surface area (TPSA) is 46.5 Å². The maximum absolute atomic E-state index is 13.7. The van der Waals surface area contributed by atoms with Gasteiger partial charge in [-0.15, -0.1) is 0 Å². The fourth-order valence-corrected chi connectivity index (χ4v) is 6.17. The maximum atomic E-state index is 13.7. The van der Waals surface area contributed by atoms with Crippen LogP contribution in [-0.4, -0.2) is 41.3 Å². The van der Waals surface area contributed by atoms with Crippen LogP contribution in [0, 0.1) is 11.7 Å². The Morgan fingerprint density at radius 1 is 0.971 bits per heavy atom. The summed E-state index contributed by atoms with van der Waals surface area (Å²) in [6.45, 7) is 3.17. The van der Waals surface area contributed by atoms with Gasteiger partial charge in [-0.2, -0.15) is 0 Å². The van der Waals surface area contributed by atoms with E-state index in [1.54, 1.807) is 24.3 Å². The van der Waals surface area contributed by atoms with Crippen LogP contribution in [0.15, 0.2) is 84.9 Å². The van der Waals surface area contributed by atoms with Gasteiger partial charge in [0.05, 0.1) is 19.5 Å². The Bertz CT molecular complexity index is 1160. The van der Waals surface area contributed by atoms with E-state index in [9.17, 15) is 14.3 Å². The number of aliphatic hydroxyl groups is 1. The summed E-state index contributed by atoms with van der Waals surface area (Å²) in [5.41, 5.74) is -0.0299. The molecule has 4 unspecified atom stereocenters. The number of piperidine rings is 1. The molecule has 35 heavy (non-hydrogen) atoms. The Morgan fingerprint density at radius 3 is 2.17 bits per heavy atom. The summed E-state index contributed by atoms with van der Waals surface area (Å²) in [4.78, 5) is 13.7. The molecular weight excluding hydrogens is 556 g/mol. The second kappa shape index (κ2) is 9.99. The van der Waals surface area contributed by atoms with Crippen molar-refractivity contribution in [2.45, 2.75) is 43.6 Å². The summed E-state index contributed by atoms with van der Waals surface area (Å²) < 4.78 is 20.6. The van der Waals surface area contributed by atoms with Crippen molar-refractivity contribution in [2.24, 2.45) is 5.92 Å². The number of ether oxygens (including phenoxy) is 1. The molecule has 1 aliphatic heterocycles. The summed E-state index contributed by atoms with van der Waals surface area (Å²) in [6.07, 6.45) is 1.73. The van der Waals surface area contributed by atoms with E-state index in [1.165, 1.54) is 29.8 Å². The zero-order chi connectivity index (χ0) is 23.9. The Morgan fingerprint density at radius 2 is 1.54 bits per heavy atom. The van der Waals surface area contributed by atoms with Gasteiger partial charge in [-0.25, -0.2) is 9.18 Å². The lowest BCUT2D eigenvalue weighted by Crippen LogP contribution is -3.00. The number of quaternary nitrogens is 1. The molecular formula is C29H31FINO3. The van der Waals surface area contributed by atoms with E-state index in [4.69, 9.17) is 4.74 Å². The molecule has 1 saturated heterocycles. The van der Waals surface area contributed by atoms with Crippen LogP contribution in [0.1, 0.15) is 42.5 Å². The number of esters is 1. The van der Waals surface area contributed by atoms with Crippen molar-refractivity contribution in [1.29, 1.82) is 0 Å². The molecule has 184 valence electrons. The normalized spacial score (nSPS) is 27.5. The minimum Gasteiger partial charge on any atom is -1.00 e. The molecule has 1 saturated carbocycles. The fraction of sp³-hybridized carbons (Fsp3) is 0.345. The van der Waals surface area contributed by atoms with E-state index < -0.39 is 17.4 Å². The Kier molecular flexibility index (Phi) is 7.36. The molecule has 0 radical (unpaired) electrons. The highest BCUT2D eigenvalue weighted by Crippen LogP contribution is 2.49. The van der Waals surface area contributed by atoms with Crippen molar-refractivity contribution in [3.63, 3.8) is 0 Å². The first-order chi connectivity index (χ1) is 16.3. The van der Waals surface area contributed by atoms with Crippen molar-refractivity contribution in [3.05, 3.63) is 107 Å². The second-order valence-electron chi connectivity index (χ2n) is 9.97. The number of rotatable bonds is 6. The summed E-state index contributed by atoms with van der Waals surface area (Å²) in [7, 11) is 2.26. The summed E-state index contributed by atoms with van der Waals surface area (Å²) in [5.74, 6) is -0.879. The average molecular weight is 587 g/mol. The predicted octanol–water partition coefficient (Wildman–Crippen LogP) is 1.98. The molecule has 2 bridgehead atoms. The van der Waals surface area contributed by atoms with E-state index in [0.717, 1.165) is 23.9 Å². The first-order valence-corrected chi connectivity index (χ1v) is 12.0. The SMILES string of the molecule is C[C@@H](c1ccccc1)[N+]1(C)CC2CC[C@@H]1C2OC(=O)C(O)(c1ccccc1)c1ccc(F)cc1.[I-]. The number of halogens is 2. The third-order valence-corrected chi connectivity index (χ3v) is 8.22. The molecule has 0 spiro atoms. The highest BCUT2D eigenvalue weighted by molar-refractivity contribution is 5.85. The van der Waals surface area contributed by atoms with Crippen LogP contribution in [0.5, 0.6) is 0 Å². The number of hydrogen-bond acceptors (Lipinski definition) is 3. The van der Waals surface area contributed by atoms with Gasteiger partial charge in [0.1, 0.15) is 17.9 Å². The van der Waals surface area contributed by atoms with Crippen molar-refractivity contribution < 1.29 is 47.5 Å². The molecule has 3 aromatic carbocycles. The van der Waals surface area contributed by atoms with Gasteiger partial charge in [-0.3, -0.25) is 0 Å². The minimum atomic E-state index is -2.01. The van der Waals surface area contributed by atoms with Gasteiger partial charge in [0.2, 0.25) is 5.60 Å². The first-order valence-electron chi connectivity index (χ1n) is 12.0. The van der Waals surface area contributed by atoms with Crippen molar-refractivity contribution in [1.82, 2.24) is 0 Å². The molecule has 6 atom stereocenters. The summed E-state index contributed by atoms with van der Waals surface area (Å²) in [5, 5.41) is 11.8. The molecule has 2 aliphatic rings. The summed E-state index contributed by atoms with van der Waals surface area (Å²) >= 11 is 0. The number of likely N-dealkylation sites (N-methyl/N-ethyl adjacent to an activating group) is 1. The largest absolute Gasteiger partial charge is 1.00 e. The third-order valence-electron chi connectivity index (χ3n) is 8.22.